The van der Waals surface area contributed by atoms with E-state index in [1.165, 1.54) is 43.0 Å². The van der Waals surface area contributed by atoms with Crippen molar-refractivity contribution in [3.8, 4) is 11.5 Å². The summed E-state index contributed by atoms with van der Waals surface area (Å²) in [4.78, 5) is 32.9. The summed E-state index contributed by atoms with van der Waals surface area (Å²) >= 11 is 0. The fourth-order valence-corrected chi connectivity index (χ4v) is 6.63. The van der Waals surface area contributed by atoms with Gasteiger partial charge < -0.3 is 29.5 Å². The molecule has 0 unspecified atom stereocenters. The molecular weight excluding hydrogens is 636 g/mol. The minimum Gasteiger partial charge on any atom is -0.497 e. The number of hydrogen-bond donors (Lipinski definition) is 2. The number of anilines is 1. The largest absolute Gasteiger partial charge is 0.497 e. The van der Waals surface area contributed by atoms with Crippen LogP contribution in [0.4, 0.5) is 5.69 Å². The van der Waals surface area contributed by atoms with E-state index in [9.17, 15) is 23.1 Å². The van der Waals surface area contributed by atoms with Crippen LogP contribution in [0.5, 0.6) is 11.5 Å². The van der Waals surface area contributed by atoms with Gasteiger partial charge in [-0.3, -0.25) is 14.6 Å². The van der Waals surface area contributed by atoms with Crippen molar-refractivity contribution in [2.75, 3.05) is 45.8 Å². The smallest absolute Gasteiger partial charge is 0.258 e. The Kier molecular flexibility index (Phi) is 12.9. The Morgan fingerprint density at radius 3 is 2.50 bits per heavy atom. The number of carbonyl (C=O) groups is 2. The molecule has 0 saturated carbocycles. The Bertz CT molecular complexity index is 1620. The van der Waals surface area contributed by atoms with Gasteiger partial charge in [-0.15, -0.1) is 0 Å². The van der Waals surface area contributed by atoms with E-state index in [0.717, 1.165) is 12.8 Å². The van der Waals surface area contributed by atoms with Crippen molar-refractivity contribution < 1.29 is 37.3 Å². The first-order chi connectivity index (χ1) is 22.9. The maximum atomic E-state index is 14.3. The van der Waals surface area contributed by atoms with E-state index < -0.39 is 28.1 Å². The van der Waals surface area contributed by atoms with Crippen LogP contribution in [0.2, 0.25) is 0 Å². The fourth-order valence-electron chi connectivity index (χ4n) is 5.45. The summed E-state index contributed by atoms with van der Waals surface area (Å²) in [5.41, 5.74) is 1.05. The average molecular weight is 683 g/mol. The third kappa shape index (κ3) is 9.31. The van der Waals surface area contributed by atoms with Gasteiger partial charge in [-0.1, -0.05) is 6.92 Å². The molecule has 13 heteroatoms. The highest BCUT2D eigenvalue weighted by Crippen LogP contribution is 2.29. The quantitative estimate of drug-likeness (QED) is 0.334. The molecule has 2 heterocycles. The molecule has 0 saturated heterocycles. The molecule has 4 atom stereocenters. The number of likely N-dealkylation sites (N-methyl/N-ethyl adjacent to an activating group) is 1. The van der Waals surface area contributed by atoms with E-state index in [1.54, 1.807) is 54.3 Å². The lowest BCUT2D eigenvalue weighted by atomic mass is 10.0. The van der Waals surface area contributed by atoms with Gasteiger partial charge in [0.25, 0.3) is 11.8 Å². The average Bonchev–Trinajstić information content (AvgIpc) is 3.09. The second-order valence-corrected chi connectivity index (χ2v) is 14.2. The second-order valence-electron chi connectivity index (χ2n) is 12.2. The Morgan fingerprint density at radius 1 is 1.12 bits per heavy atom. The third-order valence-electron chi connectivity index (χ3n) is 8.46. The minimum absolute atomic E-state index is 0.0480. The number of carbonyl (C=O) groups excluding carboxylic acids is 2. The molecule has 0 aliphatic carbocycles. The highest BCUT2D eigenvalue weighted by molar-refractivity contribution is 7.89. The predicted octanol–water partition coefficient (Wildman–Crippen LogP) is 4.46. The summed E-state index contributed by atoms with van der Waals surface area (Å²) in [6.45, 7) is 5.87. The molecule has 0 radical (unpaired) electrons. The lowest BCUT2D eigenvalue weighted by molar-refractivity contribution is -0.00834. The molecule has 0 fully saturated rings. The Hall–Kier alpha value is -4.04. The highest BCUT2D eigenvalue weighted by atomic mass is 32.2. The van der Waals surface area contributed by atoms with Crippen molar-refractivity contribution in [2.45, 2.75) is 63.2 Å². The Labute approximate surface area is 283 Å². The van der Waals surface area contributed by atoms with Crippen molar-refractivity contribution in [1.82, 2.24) is 14.2 Å². The van der Waals surface area contributed by atoms with Gasteiger partial charge in [0.1, 0.15) is 11.5 Å². The molecule has 0 bridgehead atoms. The van der Waals surface area contributed by atoms with Gasteiger partial charge in [-0.25, -0.2) is 8.42 Å². The van der Waals surface area contributed by atoms with Crippen LogP contribution in [0, 0.1) is 5.92 Å². The van der Waals surface area contributed by atoms with Gasteiger partial charge in [-0.2, -0.15) is 4.31 Å². The van der Waals surface area contributed by atoms with E-state index in [1.807, 2.05) is 13.8 Å². The first-order valence-corrected chi connectivity index (χ1v) is 17.5. The van der Waals surface area contributed by atoms with E-state index in [0.29, 0.717) is 35.8 Å². The number of ether oxygens (including phenoxy) is 3. The van der Waals surface area contributed by atoms with Gasteiger partial charge in [-0.05, 0) is 87.7 Å². The van der Waals surface area contributed by atoms with Gasteiger partial charge in [0.15, 0.2) is 0 Å². The summed E-state index contributed by atoms with van der Waals surface area (Å²) in [5.74, 6) is -0.180. The molecule has 0 spiro atoms. The topological polar surface area (TPSA) is 148 Å². The molecule has 12 nitrogen and oxygen atoms in total. The normalized spacial score (nSPS) is 20.3. The fraction of sp³-hybridized carbons (Fsp3) is 0.457. The van der Waals surface area contributed by atoms with Crippen LogP contribution in [0.1, 0.15) is 60.7 Å². The maximum absolute atomic E-state index is 14.3. The molecule has 48 heavy (non-hydrogen) atoms. The standard InChI is InChI=1S/C35H46N4O8S/c1-24-21-39(25(2)23-40)35(42)31-20-28(37-34(41)27-15-17-36-18-16-27)9-14-32(31)47-26(3)8-6-7-19-46-33(24)22-38(4)48(43,44)30-12-10-29(45-5)11-13-30/h9-18,20,24-26,33,40H,6-8,19,21-23H2,1-5H3,(H,37,41)/t24-,25-,26+,33+/m1/s1. The van der Waals surface area contributed by atoms with Gasteiger partial charge in [0.2, 0.25) is 10.0 Å². The lowest BCUT2D eigenvalue weighted by Gasteiger charge is -2.35. The number of nitrogens with zero attached hydrogens (tertiary/aromatic N) is 3. The summed E-state index contributed by atoms with van der Waals surface area (Å²) in [6.07, 6.45) is 4.47. The molecule has 1 aliphatic heterocycles. The molecule has 260 valence electrons. The summed E-state index contributed by atoms with van der Waals surface area (Å²) in [7, 11) is -0.827. The Balaban J connectivity index is 1.64. The molecule has 3 aromatic rings. The number of benzene rings is 2. The zero-order valence-electron chi connectivity index (χ0n) is 28.2. The predicted molar refractivity (Wildman–Crippen MR) is 182 cm³/mol. The zero-order chi connectivity index (χ0) is 34.8. The van der Waals surface area contributed by atoms with Crippen molar-refractivity contribution in [3.63, 3.8) is 0 Å². The van der Waals surface area contributed by atoms with E-state index in [4.69, 9.17) is 14.2 Å². The minimum atomic E-state index is -3.85. The van der Waals surface area contributed by atoms with Crippen LogP contribution < -0.4 is 14.8 Å². The van der Waals surface area contributed by atoms with Crippen molar-refractivity contribution in [1.29, 1.82) is 0 Å². The van der Waals surface area contributed by atoms with E-state index >= 15 is 0 Å². The van der Waals surface area contributed by atoms with Gasteiger partial charge >= 0.3 is 0 Å². The van der Waals surface area contributed by atoms with Crippen molar-refractivity contribution in [2.24, 2.45) is 5.92 Å². The summed E-state index contributed by atoms with van der Waals surface area (Å²) in [5, 5.41) is 13.1. The zero-order valence-corrected chi connectivity index (χ0v) is 29.0. The van der Waals surface area contributed by atoms with E-state index in [-0.39, 0.29) is 48.1 Å². The van der Waals surface area contributed by atoms with Crippen LogP contribution in [-0.4, -0.2) is 98.2 Å². The van der Waals surface area contributed by atoms with Gasteiger partial charge in [0, 0.05) is 56.3 Å². The first-order valence-electron chi connectivity index (χ1n) is 16.1. The molecule has 2 N–H and O–H groups in total. The molecule has 1 aromatic heterocycles. The number of pyridine rings is 1. The third-order valence-corrected chi connectivity index (χ3v) is 10.3. The number of aromatic nitrogens is 1. The van der Waals surface area contributed by atoms with Crippen molar-refractivity contribution >= 4 is 27.5 Å². The summed E-state index contributed by atoms with van der Waals surface area (Å²) in [6, 6.07) is 13.7. The molecular formula is C35H46N4O8S. The summed E-state index contributed by atoms with van der Waals surface area (Å²) < 4.78 is 46.0. The number of hydrogen-bond acceptors (Lipinski definition) is 9. The molecule has 2 aromatic carbocycles. The number of rotatable bonds is 9. The van der Waals surface area contributed by atoms with E-state index in [2.05, 4.69) is 10.3 Å². The highest BCUT2D eigenvalue weighted by Gasteiger charge is 2.32. The van der Waals surface area contributed by atoms with Crippen LogP contribution >= 0.6 is 0 Å². The van der Waals surface area contributed by atoms with Crippen LogP contribution in [0.25, 0.3) is 0 Å². The number of amides is 2. The number of methoxy groups -OCH3 is 1. The SMILES string of the molecule is COc1ccc(S(=O)(=O)N(C)C[C@@H]2OCCCC[C@H](C)Oc3ccc(NC(=O)c4ccncc4)cc3C(=O)N([C@H](C)CO)C[C@H]2C)cc1. The molecule has 4 rings (SSSR count). The number of aliphatic hydroxyl groups excluding tert-OH is 1. The van der Waals surface area contributed by atoms with Crippen molar-refractivity contribution in [3.05, 3.63) is 78.1 Å². The number of nitrogens with one attached hydrogen (secondary N) is 1. The Morgan fingerprint density at radius 2 is 1.83 bits per heavy atom. The van der Waals surface area contributed by atoms with Crippen LogP contribution in [0.3, 0.4) is 0 Å². The van der Waals surface area contributed by atoms with Gasteiger partial charge in [0.05, 0.1) is 42.4 Å². The number of sulfonamides is 1. The second kappa shape index (κ2) is 16.9. The van der Waals surface area contributed by atoms with Crippen LogP contribution in [0.15, 0.2) is 71.9 Å². The number of fused-ring (bicyclic) bond motifs is 1. The first kappa shape index (κ1) is 36.8. The monoisotopic (exact) mass is 682 g/mol. The molecule has 2 amide bonds. The molecule has 1 aliphatic rings. The maximum Gasteiger partial charge on any atom is 0.258 e. The number of aliphatic hydroxyl groups is 1. The van der Waals surface area contributed by atoms with Crippen LogP contribution in [-0.2, 0) is 14.8 Å². The lowest BCUT2D eigenvalue weighted by Crippen LogP contribution is -2.48.